The number of aliphatic hydroxyl groups excluding tert-OH is 1. The number of aliphatic hydroxyl groups is 1. The molecule has 0 aliphatic carbocycles. The molecule has 0 saturated carbocycles. The molecule has 1 aromatic carbocycles. The molecule has 0 atom stereocenters. The van der Waals surface area contributed by atoms with Crippen LogP contribution in [0.15, 0.2) is 33.3 Å². The summed E-state index contributed by atoms with van der Waals surface area (Å²) in [5.74, 6) is 1.13. The fourth-order valence-electron chi connectivity index (χ4n) is 1.34. The fraction of sp³-hybridized carbons (Fsp3) is 0.273. The summed E-state index contributed by atoms with van der Waals surface area (Å²) in [6.07, 6.45) is 1.05. The Morgan fingerprint density at radius 1 is 1.25 bits per heavy atom. The first-order valence-corrected chi connectivity index (χ1v) is 5.74. The van der Waals surface area contributed by atoms with Gasteiger partial charge in [0.25, 0.3) is 0 Å². The molecule has 4 nitrogen and oxygen atoms in total. The van der Waals surface area contributed by atoms with E-state index >= 15 is 0 Å². The third-order valence-electron chi connectivity index (χ3n) is 2.11. The molecular formula is C11H11BrN2O2. The van der Waals surface area contributed by atoms with Crippen molar-refractivity contribution in [1.82, 2.24) is 10.1 Å². The van der Waals surface area contributed by atoms with Crippen LogP contribution >= 0.6 is 15.9 Å². The zero-order valence-corrected chi connectivity index (χ0v) is 10.1. The highest BCUT2D eigenvalue weighted by Crippen LogP contribution is 2.13. The summed E-state index contributed by atoms with van der Waals surface area (Å²) in [6.45, 7) is 0.0389. The number of hydrogen-bond donors (Lipinski definition) is 1. The first-order valence-electron chi connectivity index (χ1n) is 4.94. The van der Waals surface area contributed by atoms with Crippen molar-refractivity contribution in [3.05, 3.63) is 46.0 Å². The Morgan fingerprint density at radius 3 is 2.69 bits per heavy atom. The van der Waals surface area contributed by atoms with Gasteiger partial charge in [-0.2, -0.15) is 4.98 Å². The van der Waals surface area contributed by atoms with Crippen molar-refractivity contribution in [3.63, 3.8) is 0 Å². The van der Waals surface area contributed by atoms with Crippen molar-refractivity contribution in [2.24, 2.45) is 0 Å². The summed E-state index contributed by atoms with van der Waals surface area (Å²) in [5, 5.41) is 12.5. The predicted molar refractivity (Wildman–Crippen MR) is 62.0 cm³/mol. The average Bonchev–Trinajstić information content (AvgIpc) is 2.70. The first kappa shape index (κ1) is 11.3. The smallest absolute Gasteiger partial charge is 0.231 e. The van der Waals surface area contributed by atoms with Crippen LogP contribution in [0.25, 0.3) is 0 Å². The maximum Gasteiger partial charge on any atom is 0.231 e. The van der Waals surface area contributed by atoms with Crippen LogP contribution in [0, 0.1) is 0 Å². The molecule has 1 heterocycles. The Labute approximate surface area is 101 Å². The third kappa shape index (κ3) is 2.90. The van der Waals surface area contributed by atoms with Gasteiger partial charge in [-0.3, -0.25) is 0 Å². The Morgan fingerprint density at radius 2 is 2.00 bits per heavy atom. The van der Waals surface area contributed by atoms with Gasteiger partial charge in [-0.1, -0.05) is 33.2 Å². The standard InChI is InChI=1S/C11H11BrN2O2/c12-9-3-1-8(2-4-9)7-11-13-10(5-6-15)14-16-11/h1-4,15H,5-7H2. The second-order valence-electron chi connectivity index (χ2n) is 3.38. The van der Waals surface area contributed by atoms with Gasteiger partial charge in [-0.15, -0.1) is 0 Å². The van der Waals surface area contributed by atoms with E-state index in [0.29, 0.717) is 24.6 Å². The zero-order chi connectivity index (χ0) is 11.4. The maximum absolute atomic E-state index is 8.72. The molecule has 1 N–H and O–H groups in total. The molecule has 0 aliphatic rings. The number of halogens is 1. The third-order valence-corrected chi connectivity index (χ3v) is 2.64. The van der Waals surface area contributed by atoms with Gasteiger partial charge >= 0.3 is 0 Å². The van der Waals surface area contributed by atoms with E-state index in [1.165, 1.54) is 0 Å². The summed E-state index contributed by atoms with van der Waals surface area (Å²) >= 11 is 3.38. The maximum atomic E-state index is 8.72. The molecular weight excluding hydrogens is 272 g/mol. The van der Waals surface area contributed by atoms with Crippen LogP contribution in [0.4, 0.5) is 0 Å². The molecule has 0 spiro atoms. The quantitative estimate of drug-likeness (QED) is 0.931. The van der Waals surface area contributed by atoms with Gasteiger partial charge in [0.15, 0.2) is 5.82 Å². The average molecular weight is 283 g/mol. The minimum Gasteiger partial charge on any atom is -0.396 e. The minimum absolute atomic E-state index is 0.0389. The Hall–Kier alpha value is -1.20. The molecule has 0 aliphatic heterocycles. The van der Waals surface area contributed by atoms with Crippen LogP contribution in [0.3, 0.4) is 0 Å². The summed E-state index contributed by atoms with van der Waals surface area (Å²) < 4.78 is 6.11. The van der Waals surface area contributed by atoms with Gasteiger partial charge in [0.05, 0.1) is 13.0 Å². The van der Waals surface area contributed by atoms with Crippen LogP contribution in [0.1, 0.15) is 17.3 Å². The van der Waals surface area contributed by atoms with Gasteiger partial charge in [0.1, 0.15) is 0 Å². The van der Waals surface area contributed by atoms with Gasteiger partial charge in [-0.05, 0) is 17.7 Å². The van der Waals surface area contributed by atoms with Crippen LogP contribution in [-0.2, 0) is 12.8 Å². The van der Waals surface area contributed by atoms with Crippen LogP contribution in [0.2, 0.25) is 0 Å². The van der Waals surface area contributed by atoms with Crippen molar-refractivity contribution >= 4 is 15.9 Å². The van der Waals surface area contributed by atoms with Crippen molar-refractivity contribution in [3.8, 4) is 0 Å². The van der Waals surface area contributed by atoms with E-state index in [4.69, 9.17) is 9.63 Å². The van der Waals surface area contributed by atoms with E-state index in [1.807, 2.05) is 24.3 Å². The molecule has 1 aromatic heterocycles. The molecule has 0 bridgehead atoms. The minimum atomic E-state index is 0.0389. The van der Waals surface area contributed by atoms with Gasteiger partial charge in [0, 0.05) is 10.9 Å². The zero-order valence-electron chi connectivity index (χ0n) is 8.56. The van der Waals surface area contributed by atoms with E-state index in [0.717, 1.165) is 10.0 Å². The topological polar surface area (TPSA) is 59.2 Å². The molecule has 2 aromatic rings. The van der Waals surface area contributed by atoms with Crippen LogP contribution < -0.4 is 0 Å². The van der Waals surface area contributed by atoms with Gasteiger partial charge in [-0.25, -0.2) is 0 Å². The highest BCUT2D eigenvalue weighted by Gasteiger charge is 2.06. The molecule has 5 heteroatoms. The van der Waals surface area contributed by atoms with E-state index in [1.54, 1.807) is 0 Å². The van der Waals surface area contributed by atoms with Crippen molar-refractivity contribution < 1.29 is 9.63 Å². The summed E-state index contributed by atoms with van der Waals surface area (Å²) in [4.78, 5) is 4.17. The number of hydrogen-bond acceptors (Lipinski definition) is 4. The lowest BCUT2D eigenvalue weighted by molar-refractivity contribution is 0.293. The molecule has 0 radical (unpaired) electrons. The second-order valence-corrected chi connectivity index (χ2v) is 4.30. The predicted octanol–water partition coefficient (Wildman–Crippen LogP) is 1.96. The Kier molecular flexibility index (Phi) is 3.69. The lowest BCUT2D eigenvalue weighted by Crippen LogP contribution is -1.93. The molecule has 84 valence electrons. The Balaban J connectivity index is 2.05. The number of rotatable bonds is 4. The van der Waals surface area contributed by atoms with E-state index in [9.17, 15) is 0 Å². The van der Waals surface area contributed by atoms with Crippen LogP contribution in [-0.4, -0.2) is 21.9 Å². The molecule has 0 amide bonds. The lowest BCUT2D eigenvalue weighted by Gasteiger charge is -1.96. The fourth-order valence-corrected chi connectivity index (χ4v) is 1.60. The van der Waals surface area contributed by atoms with E-state index in [2.05, 4.69) is 26.1 Å². The monoisotopic (exact) mass is 282 g/mol. The number of benzene rings is 1. The lowest BCUT2D eigenvalue weighted by atomic mass is 10.1. The molecule has 16 heavy (non-hydrogen) atoms. The first-order chi connectivity index (χ1) is 7.78. The number of nitrogens with zero attached hydrogens (tertiary/aromatic N) is 2. The SMILES string of the molecule is OCCc1noc(Cc2ccc(Br)cc2)n1. The van der Waals surface area contributed by atoms with E-state index in [-0.39, 0.29) is 6.61 Å². The van der Waals surface area contributed by atoms with E-state index < -0.39 is 0 Å². The van der Waals surface area contributed by atoms with Crippen molar-refractivity contribution in [2.75, 3.05) is 6.61 Å². The number of aromatic nitrogens is 2. The summed E-state index contributed by atoms with van der Waals surface area (Å²) in [6, 6.07) is 7.95. The molecule has 0 saturated heterocycles. The highest BCUT2D eigenvalue weighted by molar-refractivity contribution is 9.10. The normalized spacial score (nSPS) is 10.6. The Bertz CT molecular complexity index is 453. The molecule has 2 rings (SSSR count). The molecule has 0 unspecified atom stereocenters. The van der Waals surface area contributed by atoms with Crippen molar-refractivity contribution in [2.45, 2.75) is 12.8 Å². The summed E-state index contributed by atoms with van der Waals surface area (Å²) in [7, 11) is 0. The highest BCUT2D eigenvalue weighted by atomic mass is 79.9. The van der Waals surface area contributed by atoms with Crippen molar-refractivity contribution in [1.29, 1.82) is 0 Å². The van der Waals surface area contributed by atoms with Gasteiger partial charge in [0.2, 0.25) is 5.89 Å². The summed E-state index contributed by atoms with van der Waals surface area (Å²) in [5.41, 5.74) is 1.11. The molecule has 0 fully saturated rings. The van der Waals surface area contributed by atoms with Gasteiger partial charge < -0.3 is 9.63 Å². The van der Waals surface area contributed by atoms with Crippen LogP contribution in [0.5, 0.6) is 0 Å². The second kappa shape index (κ2) is 5.23. The largest absolute Gasteiger partial charge is 0.396 e.